The highest BCUT2D eigenvalue weighted by Crippen LogP contribution is 2.31. The summed E-state index contributed by atoms with van der Waals surface area (Å²) in [6.45, 7) is 4.91. The van der Waals surface area contributed by atoms with Crippen molar-refractivity contribution in [2.45, 2.75) is 26.3 Å². The van der Waals surface area contributed by atoms with Crippen LogP contribution in [-0.4, -0.2) is 11.5 Å². The third-order valence-electron chi connectivity index (χ3n) is 2.80. The van der Waals surface area contributed by atoms with Crippen LogP contribution in [0.15, 0.2) is 28.8 Å². The average Bonchev–Trinajstić information content (AvgIpc) is 2.85. The molecule has 0 bridgehead atoms. The Morgan fingerprint density at radius 1 is 1.47 bits per heavy atom. The molecule has 0 fully saturated rings. The van der Waals surface area contributed by atoms with Gasteiger partial charge in [0.2, 0.25) is 5.89 Å². The molecule has 1 unspecified atom stereocenters. The van der Waals surface area contributed by atoms with Gasteiger partial charge in [0, 0.05) is 0 Å². The summed E-state index contributed by atoms with van der Waals surface area (Å²) < 4.78 is 19.4. The molecule has 3 nitrogen and oxygen atoms in total. The normalized spacial score (nSPS) is 12.6. The van der Waals surface area contributed by atoms with Crippen molar-refractivity contribution in [2.75, 3.05) is 6.54 Å². The van der Waals surface area contributed by atoms with Crippen molar-refractivity contribution in [3.05, 3.63) is 41.1 Å². The summed E-state index contributed by atoms with van der Waals surface area (Å²) in [5, 5.41) is 3.58. The molecule has 0 aliphatic rings. The first-order valence-electron chi connectivity index (χ1n) is 6.27. The first-order valence-corrected chi connectivity index (χ1v) is 6.64. The lowest BCUT2D eigenvalue weighted by Crippen LogP contribution is -2.19. The predicted octanol–water partition coefficient (Wildman–Crippen LogP) is 4.19. The molecule has 0 aliphatic heterocycles. The largest absolute Gasteiger partial charge is 0.439 e. The van der Waals surface area contributed by atoms with Crippen LogP contribution in [0.25, 0.3) is 11.3 Å². The Labute approximate surface area is 116 Å². The summed E-state index contributed by atoms with van der Waals surface area (Å²) in [5.74, 6) is 0.468. The van der Waals surface area contributed by atoms with E-state index in [1.165, 1.54) is 12.3 Å². The minimum absolute atomic E-state index is 0.0146. The molecule has 0 radical (unpaired) electrons. The molecule has 0 amide bonds. The summed E-state index contributed by atoms with van der Waals surface area (Å²) in [6, 6.07) is 4.52. The first kappa shape index (κ1) is 14.0. The van der Waals surface area contributed by atoms with Crippen molar-refractivity contribution in [3.8, 4) is 11.3 Å². The SMILES string of the molecule is CCCNC(C)c1ncc(-c2c(F)cccc2Cl)o1. The minimum atomic E-state index is -0.413. The van der Waals surface area contributed by atoms with Crippen molar-refractivity contribution in [1.82, 2.24) is 10.3 Å². The summed E-state index contributed by atoms with van der Waals surface area (Å²) in [7, 11) is 0. The second-order valence-corrected chi connectivity index (χ2v) is 4.74. The number of nitrogens with zero attached hydrogens (tertiary/aromatic N) is 1. The zero-order chi connectivity index (χ0) is 13.8. The molecule has 102 valence electrons. The highest BCUT2D eigenvalue weighted by atomic mass is 35.5. The summed E-state index contributed by atoms with van der Waals surface area (Å²) in [5.41, 5.74) is 0.255. The molecule has 1 aromatic carbocycles. The lowest BCUT2D eigenvalue weighted by Gasteiger charge is -2.08. The van der Waals surface area contributed by atoms with Crippen molar-refractivity contribution in [1.29, 1.82) is 0 Å². The van der Waals surface area contributed by atoms with Gasteiger partial charge in [0.25, 0.3) is 0 Å². The molecule has 2 aromatic rings. The zero-order valence-corrected chi connectivity index (χ0v) is 11.7. The Morgan fingerprint density at radius 2 is 2.26 bits per heavy atom. The number of benzene rings is 1. The van der Waals surface area contributed by atoms with Crippen LogP contribution in [0.3, 0.4) is 0 Å². The summed E-state index contributed by atoms with van der Waals surface area (Å²) >= 11 is 5.99. The van der Waals surface area contributed by atoms with Crippen LogP contribution in [0.4, 0.5) is 4.39 Å². The van der Waals surface area contributed by atoms with Gasteiger partial charge in [-0.2, -0.15) is 0 Å². The monoisotopic (exact) mass is 282 g/mol. The fourth-order valence-electron chi connectivity index (χ4n) is 1.78. The molecule has 0 aliphatic carbocycles. The fraction of sp³-hybridized carbons (Fsp3) is 0.357. The van der Waals surface area contributed by atoms with E-state index < -0.39 is 5.82 Å². The van der Waals surface area contributed by atoms with E-state index in [9.17, 15) is 4.39 Å². The topological polar surface area (TPSA) is 38.1 Å². The average molecular weight is 283 g/mol. The Balaban J connectivity index is 2.26. The molecule has 2 rings (SSSR count). The van der Waals surface area contributed by atoms with Crippen LogP contribution in [0.5, 0.6) is 0 Å². The van der Waals surface area contributed by atoms with Crippen molar-refractivity contribution in [3.63, 3.8) is 0 Å². The predicted molar refractivity (Wildman–Crippen MR) is 73.6 cm³/mol. The van der Waals surface area contributed by atoms with E-state index in [0.717, 1.165) is 13.0 Å². The zero-order valence-electron chi connectivity index (χ0n) is 10.9. The van der Waals surface area contributed by atoms with Crippen LogP contribution in [0.2, 0.25) is 5.02 Å². The lowest BCUT2D eigenvalue weighted by atomic mass is 10.2. The van der Waals surface area contributed by atoms with E-state index in [2.05, 4.69) is 17.2 Å². The van der Waals surface area contributed by atoms with Crippen LogP contribution >= 0.6 is 11.6 Å². The number of hydrogen-bond donors (Lipinski definition) is 1. The van der Waals surface area contributed by atoms with Gasteiger partial charge in [-0.15, -0.1) is 0 Å². The first-order chi connectivity index (χ1) is 9.13. The maximum absolute atomic E-state index is 13.8. The number of rotatable bonds is 5. The van der Waals surface area contributed by atoms with Gasteiger partial charge in [0.05, 0.1) is 22.8 Å². The molecule has 19 heavy (non-hydrogen) atoms. The molecule has 1 N–H and O–H groups in total. The molecule has 1 heterocycles. The van der Waals surface area contributed by atoms with Crippen molar-refractivity contribution in [2.24, 2.45) is 0 Å². The summed E-state index contributed by atoms with van der Waals surface area (Å²) in [6.07, 6.45) is 2.53. The van der Waals surface area contributed by atoms with Crippen molar-refractivity contribution >= 4 is 11.6 Å². The molecule has 0 saturated heterocycles. The van der Waals surface area contributed by atoms with E-state index >= 15 is 0 Å². The molecule has 0 spiro atoms. The summed E-state index contributed by atoms with van der Waals surface area (Å²) in [4.78, 5) is 4.17. The highest BCUT2D eigenvalue weighted by molar-refractivity contribution is 6.33. The van der Waals surface area contributed by atoms with Crippen LogP contribution in [-0.2, 0) is 0 Å². The number of aromatic nitrogens is 1. The van der Waals surface area contributed by atoms with E-state index in [1.54, 1.807) is 12.1 Å². The number of hydrogen-bond acceptors (Lipinski definition) is 3. The van der Waals surface area contributed by atoms with Gasteiger partial charge >= 0.3 is 0 Å². The van der Waals surface area contributed by atoms with E-state index in [-0.39, 0.29) is 11.6 Å². The number of halogens is 2. The number of oxazole rings is 1. The third kappa shape index (κ3) is 3.14. The Hall–Kier alpha value is -1.39. The highest BCUT2D eigenvalue weighted by Gasteiger charge is 2.17. The molecule has 1 aromatic heterocycles. The smallest absolute Gasteiger partial charge is 0.211 e. The van der Waals surface area contributed by atoms with Gasteiger partial charge in [0.1, 0.15) is 5.82 Å². The Bertz CT molecular complexity index is 536. The molecular formula is C14H16ClFN2O. The molecular weight excluding hydrogens is 267 g/mol. The standard InChI is InChI=1S/C14H16ClFN2O/c1-3-7-17-9(2)14-18-8-12(19-14)13-10(15)5-4-6-11(13)16/h4-6,8-9,17H,3,7H2,1-2H3. The van der Waals surface area contributed by atoms with Crippen LogP contribution in [0.1, 0.15) is 32.2 Å². The van der Waals surface area contributed by atoms with Crippen LogP contribution < -0.4 is 5.32 Å². The van der Waals surface area contributed by atoms with E-state index in [4.69, 9.17) is 16.0 Å². The van der Waals surface area contributed by atoms with Gasteiger partial charge in [-0.1, -0.05) is 24.6 Å². The molecule has 5 heteroatoms. The van der Waals surface area contributed by atoms with Crippen LogP contribution in [0, 0.1) is 5.82 Å². The fourth-order valence-corrected chi connectivity index (χ4v) is 2.04. The van der Waals surface area contributed by atoms with Gasteiger partial charge < -0.3 is 9.73 Å². The van der Waals surface area contributed by atoms with E-state index in [1.807, 2.05) is 6.92 Å². The second-order valence-electron chi connectivity index (χ2n) is 4.34. The lowest BCUT2D eigenvalue weighted by molar-refractivity contribution is 0.422. The number of nitrogens with one attached hydrogen (secondary N) is 1. The maximum atomic E-state index is 13.8. The maximum Gasteiger partial charge on any atom is 0.211 e. The third-order valence-corrected chi connectivity index (χ3v) is 3.12. The van der Waals surface area contributed by atoms with Gasteiger partial charge in [-0.05, 0) is 32.0 Å². The quantitative estimate of drug-likeness (QED) is 0.893. The Kier molecular flexibility index (Phi) is 4.56. The van der Waals surface area contributed by atoms with Gasteiger partial charge in [-0.3, -0.25) is 0 Å². The second kappa shape index (κ2) is 6.17. The molecule has 1 atom stereocenters. The van der Waals surface area contributed by atoms with Gasteiger partial charge in [0.15, 0.2) is 5.76 Å². The Morgan fingerprint density at radius 3 is 2.95 bits per heavy atom. The minimum Gasteiger partial charge on any atom is -0.439 e. The molecule has 0 saturated carbocycles. The van der Waals surface area contributed by atoms with E-state index in [0.29, 0.717) is 16.7 Å². The van der Waals surface area contributed by atoms with Gasteiger partial charge in [-0.25, -0.2) is 9.37 Å². The van der Waals surface area contributed by atoms with Crippen molar-refractivity contribution < 1.29 is 8.81 Å².